The zero-order chi connectivity index (χ0) is 21.8. The van der Waals surface area contributed by atoms with E-state index in [1.165, 1.54) is 12.1 Å². The molecule has 1 heterocycles. The average Bonchev–Trinajstić information content (AvgIpc) is 3.17. The second-order valence-electron chi connectivity index (χ2n) is 7.58. The van der Waals surface area contributed by atoms with Gasteiger partial charge < -0.3 is 10.2 Å². The summed E-state index contributed by atoms with van der Waals surface area (Å²) in [6.07, 6.45) is 1.57. The molecule has 4 rings (SSSR count). The van der Waals surface area contributed by atoms with Crippen LogP contribution in [0.4, 0.5) is 4.39 Å². The number of amides is 2. The van der Waals surface area contributed by atoms with Crippen molar-refractivity contribution < 1.29 is 14.0 Å². The van der Waals surface area contributed by atoms with Crippen LogP contribution in [0.5, 0.6) is 0 Å². The SMILES string of the molecule is O=C(NCc1ccccc1-c1ccc(CN2CCCC2=O)cc1)c1ccc(F)cc1Cl. The summed E-state index contributed by atoms with van der Waals surface area (Å²) >= 11 is 5.99. The maximum atomic E-state index is 13.2. The molecule has 3 aromatic rings. The van der Waals surface area contributed by atoms with Crippen LogP contribution in [0.2, 0.25) is 5.02 Å². The third-order valence-electron chi connectivity index (χ3n) is 5.44. The quantitative estimate of drug-likeness (QED) is 0.577. The Hall–Kier alpha value is -3.18. The molecule has 0 radical (unpaired) electrons. The molecule has 0 spiro atoms. The van der Waals surface area contributed by atoms with Crippen molar-refractivity contribution in [1.82, 2.24) is 10.2 Å². The van der Waals surface area contributed by atoms with Crippen LogP contribution in [0.25, 0.3) is 11.1 Å². The number of benzene rings is 3. The highest BCUT2D eigenvalue weighted by atomic mass is 35.5. The van der Waals surface area contributed by atoms with E-state index in [9.17, 15) is 14.0 Å². The van der Waals surface area contributed by atoms with Crippen LogP contribution in [0.3, 0.4) is 0 Å². The van der Waals surface area contributed by atoms with Gasteiger partial charge in [0, 0.05) is 26.1 Å². The minimum Gasteiger partial charge on any atom is -0.348 e. The third-order valence-corrected chi connectivity index (χ3v) is 5.75. The van der Waals surface area contributed by atoms with Crippen molar-refractivity contribution in [3.63, 3.8) is 0 Å². The summed E-state index contributed by atoms with van der Waals surface area (Å²) in [6.45, 7) is 1.77. The highest BCUT2D eigenvalue weighted by Crippen LogP contribution is 2.25. The molecule has 158 valence electrons. The van der Waals surface area contributed by atoms with Crippen LogP contribution in [-0.2, 0) is 17.9 Å². The largest absolute Gasteiger partial charge is 0.348 e. The van der Waals surface area contributed by atoms with Gasteiger partial charge in [0.2, 0.25) is 5.91 Å². The van der Waals surface area contributed by atoms with Gasteiger partial charge in [-0.2, -0.15) is 0 Å². The van der Waals surface area contributed by atoms with Crippen LogP contribution in [0.15, 0.2) is 66.7 Å². The highest BCUT2D eigenvalue weighted by molar-refractivity contribution is 6.33. The monoisotopic (exact) mass is 436 g/mol. The van der Waals surface area contributed by atoms with Gasteiger partial charge in [0.1, 0.15) is 5.82 Å². The molecule has 6 heteroatoms. The van der Waals surface area contributed by atoms with E-state index >= 15 is 0 Å². The Kier molecular flexibility index (Phi) is 6.33. The summed E-state index contributed by atoms with van der Waals surface area (Å²) in [6, 6.07) is 19.7. The van der Waals surface area contributed by atoms with Gasteiger partial charge in [-0.1, -0.05) is 60.1 Å². The fourth-order valence-electron chi connectivity index (χ4n) is 3.78. The molecule has 0 unspecified atom stereocenters. The lowest BCUT2D eigenvalue weighted by molar-refractivity contribution is -0.128. The molecule has 0 aliphatic carbocycles. The predicted octanol–water partition coefficient (Wildman–Crippen LogP) is 5.20. The van der Waals surface area contributed by atoms with Crippen LogP contribution in [0, 0.1) is 5.82 Å². The summed E-state index contributed by atoms with van der Waals surface area (Å²) in [5.74, 6) is -0.624. The molecule has 31 heavy (non-hydrogen) atoms. The zero-order valence-corrected chi connectivity index (χ0v) is 17.7. The third kappa shape index (κ3) is 4.94. The van der Waals surface area contributed by atoms with Gasteiger partial charge in [-0.3, -0.25) is 9.59 Å². The lowest BCUT2D eigenvalue weighted by atomic mass is 9.98. The Morgan fingerprint density at radius 1 is 1.06 bits per heavy atom. The number of carbonyl (C=O) groups is 2. The van der Waals surface area contributed by atoms with Crippen molar-refractivity contribution in [2.45, 2.75) is 25.9 Å². The van der Waals surface area contributed by atoms with Gasteiger partial charge in [0.15, 0.2) is 0 Å². The molecule has 2 amide bonds. The average molecular weight is 437 g/mol. The summed E-state index contributed by atoms with van der Waals surface area (Å²) in [4.78, 5) is 26.2. The molecular weight excluding hydrogens is 415 g/mol. The Labute approximate surface area is 185 Å². The first kappa shape index (κ1) is 21.1. The fourth-order valence-corrected chi connectivity index (χ4v) is 4.03. The summed E-state index contributed by atoms with van der Waals surface area (Å²) in [5, 5.41) is 2.94. The van der Waals surface area contributed by atoms with Crippen LogP contribution < -0.4 is 5.32 Å². The minimum absolute atomic E-state index is 0.0813. The van der Waals surface area contributed by atoms with Crippen LogP contribution in [0.1, 0.15) is 34.3 Å². The smallest absolute Gasteiger partial charge is 0.253 e. The van der Waals surface area contributed by atoms with E-state index in [2.05, 4.69) is 5.32 Å². The molecular formula is C25H22ClFN2O2. The molecule has 0 saturated carbocycles. The molecule has 1 fully saturated rings. The molecule has 0 aromatic heterocycles. The van der Waals surface area contributed by atoms with E-state index in [1.54, 1.807) is 0 Å². The first-order valence-electron chi connectivity index (χ1n) is 10.2. The molecule has 0 atom stereocenters. The Bertz CT molecular complexity index is 1110. The number of rotatable bonds is 6. The second-order valence-corrected chi connectivity index (χ2v) is 7.99. The van der Waals surface area contributed by atoms with E-state index in [0.29, 0.717) is 19.5 Å². The molecule has 1 saturated heterocycles. The Morgan fingerprint density at radius 3 is 2.55 bits per heavy atom. The maximum absolute atomic E-state index is 13.2. The van der Waals surface area contributed by atoms with Crippen molar-refractivity contribution in [3.05, 3.63) is 94.3 Å². The van der Waals surface area contributed by atoms with E-state index in [0.717, 1.165) is 41.3 Å². The molecule has 3 aromatic carbocycles. The first-order valence-corrected chi connectivity index (χ1v) is 10.6. The van der Waals surface area contributed by atoms with Crippen molar-refractivity contribution in [2.75, 3.05) is 6.54 Å². The minimum atomic E-state index is -0.482. The number of nitrogens with one attached hydrogen (secondary N) is 1. The zero-order valence-electron chi connectivity index (χ0n) is 16.9. The van der Waals surface area contributed by atoms with Gasteiger partial charge in [0.25, 0.3) is 5.91 Å². The standard InChI is InChI=1S/C25H22ClFN2O2/c26-23-14-20(27)11-12-22(23)25(31)28-15-19-4-1-2-5-21(19)18-9-7-17(8-10-18)16-29-13-3-6-24(29)30/h1-2,4-5,7-12,14H,3,6,13,15-16H2,(H,28,31). The number of hydrogen-bond acceptors (Lipinski definition) is 2. The summed E-state index contributed by atoms with van der Waals surface area (Å²) in [7, 11) is 0. The van der Waals surface area contributed by atoms with Crippen molar-refractivity contribution >= 4 is 23.4 Å². The van der Waals surface area contributed by atoms with E-state index < -0.39 is 5.82 Å². The van der Waals surface area contributed by atoms with Crippen LogP contribution in [-0.4, -0.2) is 23.3 Å². The maximum Gasteiger partial charge on any atom is 0.253 e. The van der Waals surface area contributed by atoms with Gasteiger partial charge in [-0.15, -0.1) is 0 Å². The topological polar surface area (TPSA) is 49.4 Å². The van der Waals surface area contributed by atoms with Crippen molar-refractivity contribution in [3.8, 4) is 11.1 Å². The molecule has 1 N–H and O–H groups in total. The lowest BCUT2D eigenvalue weighted by Gasteiger charge is -2.16. The number of halogens is 2. The van der Waals surface area contributed by atoms with Gasteiger partial charge >= 0.3 is 0 Å². The number of carbonyl (C=O) groups excluding carboxylic acids is 2. The molecule has 0 bridgehead atoms. The normalized spacial score (nSPS) is 13.5. The van der Waals surface area contributed by atoms with Gasteiger partial charge in [-0.05, 0) is 46.9 Å². The Balaban J connectivity index is 1.47. The first-order chi connectivity index (χ1) is 15.0. The summed E-state index contributed by atoms with van der Waals surface area (Å²) < 4.78 is 13.2. The van der Waals surface area contributed by atoms with Gasteiger partial charge in [-0.25, -0.2) is 4.39 Å². The van der Waals surface area contributed by atoms with Crippen LogP contribution >= 0.6 is 11.6 Å². The molecule has 4 nitrogen and oxygen atoms in total. The number of nitrogens with zero attached hydrogens (tertiary/aromatic N) is 1. The number of hydrogen-bond donors (Lipinski definition) is 1. The van der Waals surface area contributed by atoms with Crippen molar-refractivity contribution in [2.24, 2.45) is 0 Å². The van der Waals surface area contributed by atoms with E-state index in [1.807, 2.05) is 53.4 Å². The van der Waals surface area contributed by atoms with E-state index in [-0.39, 0.29) is 22.4 Å². The second kappa shape index (κ2) is 9.31. The molecule has 1 aliphatic heterocycles. The molecule has 1 aliphatic rings. The van der Waals surface area contributed by atoms with Gasteiger partial charge in [0.05, 0.1) is 10.6 Å². The predicted molar refractivity (Wildman–Crippen MR) is 119 cm³/mol. The van der Waals surface area contributed by atoms with E-state index in [4.69, 9.17) is 11.6 Å². The fraction of sp³-hybridized carbons (Fsp3) is 0.200. The number of likely N-dealkylation sites (tertiary alicyclic amines) is 1. The highest BCUT2D eigenvalue weighted by Gasteiger charge is 2.20. The summed E-state index contributed by atoms with van der Waals surface area (Å²) in [5.41, 5.74) is 4.33. The van der Waals surface area contributed by atoms with Crippen molar-refractivity contribution in [1.29, 1.82) is 0 Å². The Morgan fingerprint density at radius 2 is 1.84 bits per heavy atom. The lowest BCUT2D eigenvalue weighted by Crippen LogP contribution is -2.23.